The normalized spacial score (nSPS) is 10.8. The van der Waals surface area contributed by atoms with Crippen LogP contribution in [-0.4, -0.2) is 52.2 Å². The molecule has 40 heavy (non-hydrogen) atoms. The van der Waals surface area contributed by atoms with Crippen LogP contribution < -0.4 is 25.6 Å². The molecule has 0 saturated carbocycles. The molecule has 2 heterocycles. The Labute approximate surface area is 230 Å². The molecular weight excluding hydrogens is 510 g/mol. The topological polar surface area (TPSA) is 132 Å². The van der Waals surface area contributed by atoms with Crippen molar-refractivity contribution in [3.05, 3.63) is 78.4 Å². The van der Waals surface area contributed by atoms with Crippen LogP contribution in [0.4, 0.5) is 5.95 Å². The number of methoxy groups -OCH3 is 2. The molecule has 2 amide bonds. The van der Waals surface area contributed by atoms with Gasteiger partial charge in [-0.2, -0.15) is 4.52 Å². The predicted molar refractivity (Wildman–Crippen MR) is 151 cm³/mol. The number of nitrogens with one attached hydrogen (secondary N) is 3. The summed E-state index contributed by atoms with van der Waals surface area (Å²) in [5.74, 6) is 1.55. The van der Waals surface area contributed by atoms with Crippen LogP contribution in [0.25, 0.3) is 27.9 Å². The molecule has 11 nitrogen and oxygen atoms in total. The zero-order valence-corrected chi connectivity index (χ0v) is 22.2. The minimum atomic E-state index is -0.360. The van der Waals surface area contributed by atoms with Gasteiger partial charge >= 0.3 is 0 Å². The van der Waals surface area contributed by atoms with E-state index in [4.69, 9.17) is 14.5 Å². The van der Waals surface area contributed by atoms with Gasteiger partial charge in [-0.1, -0.05) is 48.5 Å². The van der Waals surface area contributed by atoms with Crippen molar-refractivity contribution in [3.8, 4) is 22.9 Å². The lowest BCUT2D eigenvalue weighted by molar-refractivity contribution is -0.126. The van der Waals surface area contributed by atoms with Crippen LogP contribution in [-0.2, 0) is 16.0 Å². The van der Waals surface area contributed by atoms with Gasteiger partial charge in [-0.25, -0.2) is 9.97 Å². The van der Waals surface area contributed by atoms with Crippen molar-refractivity contribution < 1.29 is 19.1 Å². The molecular formula is C29H29N7O4. The van der Waals surface area contributed by atoms with Gasteiger partial charge in [0.25, 0.3) is 0 Å². The molecule has 0 aliphatic rings. The Balaban J connectivity index is 1.17. The first-order valence-corrected chi connectivity index (χ1v) is 12.8. The number of hydrogen-bond acceptors (Lipinski definition) is 8. The second-order valence-electron chi connectivity index (χ2n) is 8.95. The summed E-state index contributed by atoms with van der Waals surface area (Å²) in [6.07, 6.45) is 0.659. The number of anilines is 1. The summed E-state index contributed by atoms with van der Waals surface area (Å²) in [5.41, 5.74) is 8.64. The number of nitrogens with zero attached hydrogens (tertiary/aromatic N) is 4. The number of ether oxygens (including phenoxy) is 2. The molecule has 0 unspecified atom stereocenters. The first kappa shape index (κ1) is 26.4. The number of carbonyl (C=O) groups is 2. The fraction of sp³-hybridized carbons (Fsp3) is 0.207. The Hall–Kier alpha value is -5.19. The van der Waals surface area contributed by atoms with E-state index in [1.54, 1.807) is 18.7 Å². The number of amides is 2. The van der Waals surface area contributed by atoms with E-state index in [0.29, 0.717) is 47.4 Å². The Morgan fingerprint density at radius 2 is 1.60 bits per heavy atom. The standard InChI is InChI=1S/C29H29N7O4/c1-39-23-13-12-19(18-24(23)40-2)16-17-30-25(37)14-15-26(38)33-34-29-31-22-11-7-6-10-21(22)28-32-27(35-36(28)29)20-8-4-3-5-9-20/h3-13,18H,14-17H2,1-2H3,(H,30,37)(H,31,34)(H,33,38). The van der Waals surface area contributed by atoms with E-state index < -0.39 is 0 Å². The largest absolute Gasteiger partial charge is 0.493 e. The molecule has 0 atom stereocenters. The summed E-state index contributed by atoms with van der Waals surface area (Å²) in [5, 5.41) is 8.29. The van der Waals surface area contributed by atoms with Crippen LogP contribution in [0.1, 0.15) is 18.4 Å². The van der Waals surface area contributed by atoms with E-state index in [2.05, 4.69) is 26.3 Å². The lowest BCUT2D eigenvalue weighted by Gasteiger charge is -2.11. The molecule has 0 radical (unpaired) electrons. The van der Waals surface area contributed by atoms with Crippen LogP contribution in [0.2, 0.25) is 0 Å². The Bertz CT molecular complexity index is 1650. The Kier molecular flexibility index (Phi) is 8.00. The number of fused-ring (bicyclic) bond motifs is 3. The minimum absolute atomic E-state index is 0.00145. The van der Waals surface area contributed by atoms with Gasteiger partial charge in [-0.3, -0.25) is 20.4 Å². The highest BCUT2D eigenvalue weighted by Crippen LogP contribution is 2.27. The van der Waals surface area contributed by atoms with Gasteiger partial charge in [-0.05, 0) is 36.2 Å². The van der Waals surface area contributed by atoms with Crippen molar-refractivity contribution in [2.24, 2.45) is 0 Å². The van der Waals surface area contributed by atoms with Gasteiger partial charge in [0.15, 0.2) is 23.0 Å². The van der Waals surface area contributed by atoms with Crippen LogP contribution in [0.15, 0.2) is 72.8 Å². The zero-order chi connectivity index (χ0) is 27.9. The quantitative estimate of drug-likeness (QED) is 0.217. The highest BCUT2D eigenvalue weighted by Gasteiger charge is 2.15. The Morgan fingerprint density at radius 1 is 0.850 bits per heavy atom. The van der Waals surface area contributed by atoms with Crippen molar-refractivity contribution in [2.45, 2.75) is 19.3 Å². The van der Waals surface area contributed by atoms with E-state index >= 15 is 0 Å². The summed E-state index contributed by atoms with van der Waals surface area (Å²) in [7, 11) is 3.16. The van der Waals surface area contributed by atoms with Gasteiger partial charge in [0, 0.05) is 30.3 Å². The molecule has 0 aliphatic carbocycles. The maximum atomic E-state index is 12.5. The maximum absolute atomic E-state index is 12.5. The van der Waals surface area contributed by atoms with E-state index in [1.807, 2.05) is 72.8 Å². The molecule has 3 aromatic carbocycles. The van der Waals surface area contributed by atoms with Crippen molar-refractivity contribution >= 4 is 34.3 Å². The van der Waals surface area contributed by atoms with Crippen LogP contribution in [0.3, 0.4) is 0 Å². The number of rotatable bonds is 11. The van der Waals surface area contributed by atoms with E-state index in [0.717, 1.165) is 16.5 Å². The lowest BCUT2D eigenvalue weighted by atomic mass is 10.1. The van der Waals surface area contributed by atoms with E-state index in [-0.39, 0.29) is 24.7 Å². The minimum Gasteiger partial charge on any atom is -0.493 e. The van der Waals surface area contributed by atoms with Gasteiger partial charge in [0.05, 0.1) is 19.7 Å². The monoisotopic (exact) mass is 539 g/mol. The smallest absolute Gasteiger partial charge is 0.245 e. The maximum Gasteiger partial charge on any atom is 0.245 e. The average Bonchev–Trinajstić information content (AvgIpc) is 3.45. The van der Waals surface area contributed by atoms with Crippen molar-refractivity contribution in [3.63, 3.8) is 0 Å². The first-order valence-electron chi connectivity index (χ1n) is 12.8. The van der Waals surface area contributed by atoms with Gasteiger partial charge in [0.2, 0.25) is 17.8 Å². The first-order chi connectivity index (χ1) is 19.6. The zero-order valence-electron chi connectivity index (χ0n) is 22.2. The predicted octanol–water partition coefficient (Wildman–Crippen LogP) is 3.54. The fourth-order valence-electron chi connectivity index (χ4n) is 4.23. The SMILES string of the molecule is COc1ccc(CCNC(=O)CCC(=O)NNc2nc3ccccc3c3nc(-c4ccccc4)nn23)cc1OC. The van der Waals surface area contributed by atoms with E-state index in [9.17, 15) is 9.59 Å². The molecule has 0 spiro atoms. The summed E-state index contributed by atoms with van der Waals surface area (Å²) in [6, 6.07) is 22.8. The second-order valence-corrected chi connectivity index (χ2v) is 8.95. The number of para-hydroxylation sites is 1. The molecule has 5 rings (SSSR count). The van der Waals surface area contributed by atoms with Crippen molar-refractivity contribution in [1.29, 1.82) is 0 Å². The molecule has 0 bridgehead atoms. The molecule has 2 aromatic heterocycles. The van der Waals surface area contributed by atoms with E-state index in [1.165, 1.54) is 0 Å². The molecule has 0 saturated heterocycles. The third-order valence-corrected chi connectivity index (χ3v) is 6.29. The third-order valence-electron chi connectivity index (χ3n) is 6.29. The lowest BCUT2D eigenvalue weighted by Crippen LogP contribution is -2.33. The van der Waals surface area contributed by atoms with Crippen LogP contribution in [0.5, 0.6) is 11.5 Å². The molecule has 11 heteroatoms. The molecule has 0 fully saturated rings. The molecule has 3 N–H and O–H groups in total. The summed E-state index contributed by atoms with van der Waals surface area (Å²) >= 11 is 0. The number of hydrazine groups is 1. The molecule has 5 aromatic rings. The average molecular weight is 540 g/mol. The van der Waals surface area contributed by atoms with Crippen LogP contribution in [0, 0.1) is 0 Å². The summed E-state index contributed by atoms with van der Waals surface area (Å²) in [4.78, 5) is 34.2. The van der Waals surface area contributed by atoms with Gasteiger partial charge in [-0.15, -0.1) is 5.10 Å². The van der Waals surface area contributed by atoms with Gasteiger partial charge < -0.3 is 14.8 Å². The molecule has 0 aliphatic heterocycles. The highest BCUT2D eigenvalue weighted by atomic mass is 16.5. The fourth-order valence-corrected chi connectivity index (χ4v) is 4.23. The number of benzene rings is 3. The van der Waals surface area contributed by atoms with Crippen LogP contribution >= 0.6 is 0 Å². The van der Waals surface area contributed by atoms with Gasteiger partial charge in [0.1, 0.15) is 0 Å². The summed E-state index contributed by atoms with van der Waals surface area (Å²) < 4.78 is 12.1. The second kappa shape index (κ2) is 12.1. The molecule has 204 valence electrons. The van der Waals surface area contributed by atoms with Crippen molar-refractivity contribution in [1.82, 2.24) is 30.3 Å². The summed E-state index contributed by atoms with van der Waals surface area (Å²) in [6.45, 7) is 0.434. The Morgan fingerprint density at radius 3 is 2.40 bits per heavy atom. The number of carbonyl (C=O) groups excluding carboxylic acids is 2. The number of aromatic nitrogens is 4. The highest BCUT2D eigenvalue weighted by molar-refractivity contribution is 5.93. The number of hydrogen-bond donors (Lipinski definition) is 3. The van der Waals surface area contributed by atoms with Crippen molar-refractivity contribution in [2.75, 3.05) is 26.2 Å². The third kappa shape index (κ3) is 5.93.